The molecule has 0 aromatic heterocycles. The molecule has 0 bridgehead atoms. The van der Waals surface area contributed by atoms with Crippen molar-refractivity contribution in [3.05, 3.63) is 34.9 Å². The fraction of sp³-hybridized carbons (Fsp3) is 0.550. The lowest BCUT2D eigenvalue weighted by Crippen LogP contribution is -2.40. The number of Topliss-reactive ketones (excluding diaryl/α,β-unsaturated/α-hetero) is 1. The van der Waals surface area contributed by atoms with Crippen LogP contribution in [0.15, 0.2) is 18.2 Å². The third-order valence-electron chi connectivity index (χ3n) is 5.37. The molecule has 1 aliphatic heterocycles. The van der Waals surface area contributed by atoms with Gasteiger partial charge < -0.3 is 9.64 Å². The molecular weight excluding hydrogens is 318 g/mol. The summed E-state index contributed by atoms with van der Waals surface area (Å²) in [4.78, 5) is 38.0. The second-order valence-electron chi connectivity index (χ2n) is 6.94. The molecule has 1 amide bonds. The molecule has 5 nitrogen and oxygen atoms in total. The van der Waals surface area contributed by atoms with Gasteiger partial charge >= 0.3 is 5.97 Å². The van der Waals surface area contributed by atoms with Gasteiger partial charge in [0.25, 0.3) is 0 Å². The van der Waals surface area contributed by atoms with Gasteiger partial charge in [-0.3, -0.25) is 14.4 Å². The number of likely N-dealkylation sites (tertiary alicyclic amines) is 1. The Morgan fingerprint density at radius 3 is 2.52 bits per heavy atom. The number of piperidine rings is 1. The SMILES string of the molecule is COC(=O)C1CCN(C(=O)CCC(=O)c2ccc3c(c2)CCC3)CC1. The van der Waals surface area contributed by atoms with Crippen LogP contribution >= 0.6 is 0 Å². The van der Waals surface area contributed by atoms with E-state index in [2.05, 4.69) is 6.07 Å². The first-order chi connectivity index (χ1) is 12.1. The summed E-state index contributed by atoms with van der Waals surface area (Å²) in [6.45, 7) is 1.12. The number of fused-ring (bicyclic) bond motifs is 1. The van der Waals surface area contributed by atoms with Crippen molar-refractivity contribution in [2.75, 3.05) is 20.2 Å². The van der Waals surface area contributed by atoms with E-state index >= 15 is 0 Å². The zero-order valence-corrected chi connectivity index (χ0v) is 14.8. The summed E-state index contributed by atoms with van der Waals surface area (Å²) in [5.41, 5.74) is 3.35. The van der Waals surface area contributed by atoms with Crippen molar-refractivity contribution in [2.45, 2.75) is 44.9 Å². The topological polar surface area (TPSA) is 63.7 Å². The van der Waals surface area contributed by atoms with E-state index in [1.807, 2.05) is 12.1 Å². The van der Waals surface area contributed by atoms with Gasteiger partial charge in [0.15, 0.2) is 5.78 Å². The number of esters is 1. The Labute approximate surface area is 148 Å². The van der Waals surface area contributed by atoms with Crippen molar-refractivity contribution in [2.24, 2.45) is 5.92 Å². The highest BCUT2D eigenvalue weighted by Crippen LogP contribution is 2.24. The summed E-state index contributed by atoms with van der Waals surface area (Å²) in [5, 5.41) is 0. The highest BCUT2D eigenvalue weighted by atomic mass is 16.5. The maximum atomic E-state index is 12.4. The molecule has 3 rings (SSSR count). The molecule has 1 heterocycles. The third kappa shape index (κ3) is 4.09. The van der Waals surface area contributed by atoms with E-state index < -0.39 is 0 Å². The number of benzene rings is 1. The first-order valence-corrected chi connectivity index (χ1v) is 9.09. The summed E-state index contributed by atoms with van der Waals surface area (Å²) < 4.78 is 4.76. The lowest BCUT2D eigenvalue weighted by Gasteiger charge is -2.30. The highest BCUT2D eigenvalue weighted by Gasteiger charge is 2.28. The third-order valence-corrected chi connectivity index (χ3v) is 5.37. The largest absolute Gasteiger partial charge is 0.469 e. The average molecular weight is 343 g/mol. The van der Waals surface area contributed by atoms with Crippen molar-refractivity contribution in [1.29, 1.82) is 0 Å². The van der Waals surface area contributed by atoms with Crippen LogP contribution in [0.1, 0.15) is 53.6 Å². The van der Waals surface area contributed by atoms with Gasteiger partial charge in [-0.15, -0.1) is 0 Å². The predicted octanol–water partition coefficient (Wildman–Crippen LogP) is 2.55. The van der Waals surface area contributed by atoms with Gasteiger partial charge in [-0.1, -0.05) is 12.1 Å². The molecule has 0 radical (unpaired) electrons. The minimum absolute atomic E-state index is 0.00201. The van der Waals surface area contributed by atoms with E-state index in [0.29, 0.717) is 25.9 Å². The maximum absolute atomic E-state index is 12.4. The molecule has 1 aromatic carbocycles. The molecule has 0 N–H and O–H groups in total. The number of hydrogen-bond donors (Lipinski definition) is 0. The lowest BCUT2D eigenvalue weighted by atomic mass is 9.96. The minimum atomic E-state index is -0.195. The summed E-state index contributed by atoms with van der Waals surface area (Å²) in [5.74, 6) is -0.272. The molecule has 1 fully saturated rings. The number of ether oxygens (including phenoxy) is 1. The number of nitrogens with zero attached hydrogens (tertiary/aromatic N) is 1. The smallest absolute Gasteiger partial charge is 0.308 e. The Kier molecular flexibility index (Phi) is 5.51. The van der Waals surface area contributed by atoms with Crippen molar-refractivity contribution in [3.8, 4) is 0 Å². The molecule has 0 spiro atoms. The van der Waals surface area contributed by atoms with Crippen LogP contribution in [-0.4, -0.2) is 42.8 Å². The fourth-order valence-electron chi connectivity index (χ4n) is 3.80. The monoisotopic (exact) mass is 343 g/mol. The van der Waals surface area contributed by atoms with E-state index in [-0.39, 0.29) is 36.4 Å². The minimum Gasteiger partial charge on any atom is -0.469 e. The molecule has 134 valence electrons. The molecule has 25 heavy (non-hydrogen) atoms. The van der Waals surface area contributed by atoms with E-state index in [4.69, 9.17) is 4.74 Å². The van der Waals surface area contributed by atoms with Crippen molar-refractivity contribution >= 4 is 17.7 Å². The van der Waals surface area contributed by atoms with Crippen molar-refractivity contribution in [3.63, 3.8) is 0 Å². The van der Waals surface area contributed by atoms with Crippen molar-refractivity contribution < 1.29 is 19.1 Å². The molecule has 0 saturated carbocycles. The second-order valence-corrected chi connectivity index (χ2v) is 6.94. The van der Waals surface area contributed by atoms with Crippen LogP contribution in [0.5, 0.6) is 0 Å². The molecule has 0 atom stereocenters. The Hall–Kier alpha value is -2.17. The zero-order chi connectivity index (χ0) is 17.8. The average Bonchev–Trinajstić information content (AvgIpc) is 3.13. The Morgan fingerprint density at radius 1 is 1.08 bits per heavy atom. The lowest BCUT2D eigenvalue weighted by molar-refractivity contribution is -0.148. The molecule has 0 unspecified atom stereocenters. The first kappa shape index (κ1) is 17.6. The highest BCUT2D eigenvalue weighted by molar-refractivity contribution is 5.98. The number of methoxy groups -OCH3 is 1. The molecule has 1 saturated heterocycles. The van der Waals surface area contributed by atoms with Gasteiger partial charge in [-0.25, -0.2) is 0 Å². The Morgan fingerprint density at radius 2 is 1.80 bits per heavy atom. The van der Waals surface area contributed by atoms with Crippen LogP contribution < -0.4 is 0 Å². The number of amides is 1. The molecule has 2 aliphatic rings. The summed E-state index contributed by atoms with van der Waals surface area (Å²) in [7, 11) is 1.39. The first-order valence-electron chi connectivity index (χ1n) is 9.09. The van der Waals surface area contributed by atoms with Gasteiger partial charge in [-0.05, 0) is 49.3 Å². The number of ketones is 1. The Balaban J connectivity index is 1.48. The van der Waals surface area contributed by atoms with Gasteiger partial charge in [-0.2, -0.15) is 0 Å². The molecule has 1 aliphatic carbocycles. The summed E-state index contributed by atoms with van der Waals surface area (Å²) >= 11 is 0. The summed E-state index contributed by atoms with van der Waals surface area (Å²) in [6.07, 6.45) is 5.06. The van der Waals surface area contributed by atoms with Gasteiger partial charge in [0.05, 0.1) is 13.0 Å². The predicted molar refractivity (Wildman–Crippen MR) is 93.4 cm³/mol. The fourth-order valence-corrected chi connectivity index (χ4v) is 3.80. The normalized spacial score (nSPS) is 17.2. The number of carbonyl (C=O) groups is 3. The van der Waals surface area contributed by atoms with Gasteiger partial charge in [0.1, 0.15) is 0 Å². The Bertz CT molecular complexity index is 674. The van der Waals surface area contributed by atoms with E-state index in [0.717, 1.165) is 24.8 Å². The molecule has 1 aromatic rings. The quantitative estimate of drug-likeness (QED) is 0.609. The zero-order valence-electron chi connectivity index (χ0n) is 14.8. The molecule has 5 heteroatoms. The van der Waals surface area contributed by atoms with Crippen LogP contribution in [0.3, 0.4) is 0 Å². The van der Waals surface area contributed by atoms with E-state index in [9.17, 15) is 14.4 Å². The summed E-state index contributed by atoms with van der Waals surface area (Å²) in [6, 6.07) is 5.94. The van der Waals surface area contributed by atoms with Gasteiger partial charge in [0.2, 0.25) is 5.91 Å². The van der Waals surface area contributed by atoms with Crippen molar-refractivity contribution in [1.82, 2.24) is 4.90 Å². The van der Waals surface area contributed by atoms with Gasteiger partial charge in [0, 0.05) is 31.5 Å². The van der Waals surface area contributed by atoms with Crippen LogP contribution in [-0.2, 0) is 27.2 Å². The number of aryl methyl sites for hydroxylation is 2. The maximum Gasteiger partial charge on any atom is 0.308 e. The standard InChI is InChI=1S/C20H25NO4/c1-25-20(24)15-9-11-21(12-10-15)19(23)8-7-18(22)17-6-5-14-3-2-4-16(14)13-17/h5-6,13,15H,2-4,7-12H2,1H3. The van der Waals surface area contributed by atoms with Crippen LogP contribution in [0.2, 0.25) is 0 Å². The van der Waals surface area contributed by atoms with E-state index in [1.165, 1.54) is 18.2 Å². The molecular formula is C20H25NO4. The van der Waals surface area contributed by atoms with Crippen LogP contribution in [0.4, 0.5) is 0 Å². The number of carbonyl (C=O) groups excluding carboxylic acids is 3. The van der Waals surface area contributed by atoms with Crippen LogP contribution in [0.25, 0.3) is 0 Å². The number of hydrogen-bond acceptors (Lipinski definition) is 4. The van der Waals surface area contributed by atoms with Crippen LogP contribution in [0, 0.1) is 5.92 Å². The number of rotatable bonds is 5. The second kappa shape index (κ2) is 7.81. The van der Waals surface area contributed by atoms with E-state index in [1.54, 1.807) is 4.90 Å².